The number of hydrogen-bond donors (Lipinski definition) is 1. The second kappa shape index (κ2) is 5.16. The second-order valence-electron chi connectivity index (χ2n) is 3.80. The molecule has 6 heteroatoms. The van der Waals surface area contributed by atoms with E-state index >= 15 is 0 Å². The van der Waals surface area contributed by atoms with Gasteiger partial charge in [-0.2, -0.15) is 0 Å². The lowest BCUT2D eigenvalue weighted by atomic mass is 10.3. The van der Waals surface area contributed by atoms with Crippen molar-refractivity contribution in [3.8, 4) is 0 Å². The minimum Gasteiger partial charge on any atom is -0.398 e. The first-order valence-corrected chi connectivity index (χ1v) is 7.20. The molecule has 0 aliphatic rings. The molecule has 0 spiro atoms. The van der Waals surface area contributed by atoms with Gasteiger partial charge in [-0.15, -0.1) is 0 Å². The van der Waals surface area contributed by atoms with Gasteiger partial charge in [-0.1, -0.05) is 15.9 Å². The molecule has 0 unspecified atom stereocenters. The van der Waals surface area contributed by atoms with Gasteiger partial charge < -0.3 is 10.6 Å². The highest BCUT2D eigenvalue weighted by Crippen LogP contribution is 2.23. The molecule has 0 bridgehead atoms. The molecular weight excluding hydrogens is 292 g/mol. The average molecular weight is 307 g/mol. The van der Waals surface area contributed by atoms with Crippen LogP contribution in [0.15, 0.2) is 27.6 Å². The molecule has 16 heavy (non-hydrogen) atoms. The summed E-state index contributed by atoms with van der Waals surface area (Å²) in [5, 5.41) is 0. The van der Waals surface area contributed by atoms with E-state index in [1.54, 1.807) is 12.1 Å². The lowest BCUT2D eigenvalue weighted by Gasteiger charge is -2.11. The summed E-state index contributed by atoms with van der Waals surface area (Å²) < 4.78 is 24.7. The van der Waals surface area contributed by atoms with Crippen LogP contribution >= 0.6 is 15.9 Å². The van der Waals surface area contributed by atoms with Crippen LogP contribution in [-0.4, -0.2) is 39.7 Å². The fourth-order valence-corrected chi connectivity index (χ4v) is 3.11. The standard InChI is InChI=1S/C10H15BrN2O2S/c1-13(2)5-6-16(14,15)10-4-3-8(11)7-9(10)12/h3-4,7H,5-6,12H2,1-2H3. The van der Waals surface area contributed by atoms with Gasteiger partial charge in [-0.05, 0) is 32.3 Å². The van der Waals surface area contributed by atoms with E-state index < -0.39 is 9.84 Å². The van der Waals surface area contributed by atoms with Crippen molar-refractivity contribution < 1.29 is 8.42 Å². The number of sulfone groups is 1. The summed E-state index contributed by atoms with van der Waals surface area (Å²) in [4.78, 5) is 2.03. The number of nitrogens with two attached hydrogens (primary N) is 1. The zero-order valence-electron chi connectivity index (χ0n) is 9.27. The minimum absolute atomic E-state index is 0.0752. The molecule has 1 aromatic rings. The van der Waals surface area contributed by atoms with Gasteiger partial charge in [-0.3, -0.25) is 0 Å². The van der Waals surface area contributed by atoms with E-state index in [1.807, 2.05) is 19.0 Å². The predicted octanol–water partition coefficient (Wildman–Crippen LogP) is 1.37. The monoisotopic (exact) mass is 306 g/mol. The quantitative estimate of drug-likeness (QED) is 0.853. The molecule has 4 nitrogen and oxygen atoms in total. The highest BCUT2D eigenvalue weighted by molar-refractivity contribution is 9.10. The smallest absolute Gasteiger partial charge is 0.181 e. The zero-order valence-corrected chi connectivity index (χ0v) is 11.7. The van der Waals surface area contributed by atoms with Gasteiger partial charge >= 0.3 is 0 Å². The Kier molecular flexibility index (Phi) is 4.35. The molecule has 1 rings (SSSR count). The largest absolute Gasteiger partial charge is 0.398 e. The number of halogens is 1. The number of nitrogens with zero attached hydrogens (tertiary/aromatic N) is 1. The third-order valence-electron chi connectivity index (χ3n) is 2.11. The van der Waals surface area contributed by atoms with Crippen LogP contribution in [0.25, 0.3) is 0 Å². The van der Waals surface area contributed by atoms with Gasteiger partial charge in [0, 0.05) is 11.0 Å². The van der Waals surface area contributed by atoms with Crippen molar-refractivity contribution in [3.63, 3.8) is 0 Å². The lowest BCUT2D eigenvalue weighted by molar-refractivity contribution is 0.432. The molecule has 0 aliphatic carbocycles. The van der Waals surface area contributed by atoms with E-state index in [2.05, 4.69) is 15.9 Å². The molecule has 0 saturated heterocycles. The first kappa shape index (κ1) is 13.5. The fraction of sp³-hybridized carbons (Fsp3) is 0.400. The van der Waals surface area contributed by atoms with Crippen LogP contribution in [-0.2, 0) is 9.84 Å². The van der Waals surface area contributed by atoms with Gasteiger partial charge in [0.05, 0.1) is 16.3 Å². The molecule has 0 aromatic heterocycles. The maximum atomic E-state index is 11.9. The average Bonchev–Trinajstić information content (AvgIpc) is 2.14. The van der Waals surface area contributed by atoms with Crippen molar-refractivity contribution >= 4 is 31.5 Å². The summed E-state index contributed by atoms with van der Waals surface area (Å²) in [6, 6.07) is 4.81. The highest BCUT2D eigenvalue weighted by atomic mass is 79.9. The second-order valence-corrected chi connectivity index (χ2v) is 6.80. The van der Waals surface area contributed by atoms with E-state index in [-0.39, 0.29) is 16.3 Å². The Morgan fingerprint density at radius 3 is 2.50 bits per heavy atom. The van der Waals surface area contributed by atoms with E-state index in [0.717, 1.165) is 4.47 Å². The first-order valence-electron chi connectivity index (χ1n) is 4.75. The van der Waals surface area contributed by atoms with Gasteiger partial charge in [0.25, 0.3) is 0 Å². The van der Waals surface area contributed by atoms with Gasteiger partial charge in [0.1, 0.15) is 0 Å². The van der Waals surface area contributed by atoms with Crippen LogP contribution in [0.1, 0.15) is 0 Å². The third-order valence-corrected chi connectivity index (χ3v) is 4.37. The lowest BCUT2D eigenvalue weighted by Crippen LogP contribution is -2.22. The zero-order chi connectivity index (χ0) is 12.3. The van der Waals surface area contributed by atoms with Crippen molar-refractivity contribution in [2.24, 2.45) is 0 Å². The molecule has 90 valence electrons. The van der Waals surface area contributed by atoms with Crippen molar-refractivity contribution in [2.75, 3.05) is 32.1 Å². The van der Waals surface area contributed by atoms with E-state index in [0.29, 0.717) is 6.54 Å². The van der Waals surface area contributed by atoms with Crippen LogP contribution in [0, 0.1) is 0 Å². The summed E-state index contributed by atoms with van der Waals surface area (Å²) in [7, 11) is 0.377. The van der Waals surface area contributed by atoms with Gasteiger partial charge in [-0.25, -0.2) is 8.42 Å². The van der Waals surface area contributed by atoms with Crippen LogP contribution < -0.4 is 5.73 Å². The topological polar surface area (TPSA) is 63.4 Å². The summed E-state index contributed by atoms with van der Waals surface area (Å²) >= 11 is 3.24. The normalized spacial score (nSPS) is 12.0. The Morgan fingerprint density at radius 1 is 1.38 bits per heavy atom. The van der Waals surface area contributed by atoms with E-state index in [1.165, 1.54) is 6.07 Å². The Bertz CT molecular complexity index is 472. The van der Waals surface area contributed by atoms with Gasteiger partial charge in [0.2, 0.25) is 0 Å². The van der Waals surface area contributed by atoms with Crippen LogP contribution in [0.5, 0.6) is 0 Å². The Hall–Kier alpha value is -0.590. The van der Waals surface area contributed by atoms with E-state index in [9.17, 15) is 8.42 Å². The molecule has 1 aromatic carbocycles. The molecule has 0 radical (unpaired) electrons. The Labute approximate surface area is 104 Å². The summed E-state index contributed by atoms with van der Waals surface area (Å²) in [5.74, 6) is 0.0752. The molecule has 0 atom stereocenters. The Morgan fingerprint density at radius 2 is 2.00 bits per heavy atom. The molecule has 0 aliphatic heterocycles. The number of anilines is 1. The fourth-order valence-electron chi connectivity index (χ4n) is 1.22. The van der Waals surface area contributed by atoms with Gasteiger partial charge in [0.15, 0.2) is 9.84 Å². The SMILES string of the molecule is CN(C)CCS(=O)(=O)c1ccc(Br)cc1N. The maximum Gasteiger partial charge on any atom is 0.181 e. The third kappa shape index (κ3) is 3.47. The van der Waals surface area contributed by atoms with Crippen molar-refractivity contribution in [1.29, 1.82) is 0 Å². The van der Waals surface area contributed by atoms with Crippen molar-refractivity contribution in [3.05, 3.63) is 22.7 Å². The summed E-state index contributed by atoms with van der Waals surface area (Å²) in [5.41, 5.74) is 5.98. The number of benzene rings is 1. The molecule has 0 amide bonds. The summed E-state index contributed by atoms with van der Waals surface area (Å²) in [6.07, 6.45) is 0. The number of nitrogen functional groups attached to an aromatic ring is 1. The molecule has 0 saturated carbocycles. The van der Waals surface area contributed by atoms with E-state index in [4.69, 9.17) is 5.73 Å². The first-order chi connectivity index (χ1) is 7.33. The van der Waals surface area contributed by atoms with Crippen LogP contribution in [0.2, 0.25) is 0 Å². The molecule has 0 fully saturated rings. The van der Waals surface area contributed by atoms with Crippen molar-refractivity contribution in [2.45, 2.75) is 4.90 Å². The van der Waals surface area contributed by atoms with Crippen LogP contribution in [0.4, 0.5) is 5.69 Å². The molecule has 0 heterocycles. The minimum atomic E-state index is -3.29. The predicted molar refractivity (Wildman–Crippen MR) is 69.2 cm³/mol. The number of hydrogen-bond acceptors (Lipinski definition) is 4. The maximum absolute atomic E-state index is 11.9. The summed E-state index contributed by atoms with van der Waals surface area (Å²) in [6.45, 7) is 0.484. The molecular formula is C10H15BrN2O2S. The molecule has 2 N–H and O–H groups in total. The Balaban J connectivity index is 2.99. The highest BCUT2D eigenvalue weighted by Gasteiger charge is 2.17. The van der Waals surface area contributed by atoms with Crippen molar-refractivity contribution in [1.82, 2.24) is 4.90 Å². The van der Waals surface area contributed by atoms with Crippen LogP contribution in [0.3, 0.4) is 0 Å². The number of rotatable bonds is 4.